The fraction of sp³-hybridized carbons (Fsp3) is 0.621. The molecule has 2 saturated heterocycles. The van der Waals surface area contributed by atoms with E-state index in [1.54, 1.807) is 43.4 Å². The highest BCUT2D eigenvalue weighted by Crippen LogP contribution is 2.55. The second-order valence-corrected chi connectivity index (χ2v) is 11.2. The minimum atomic E-state index is -1.16. The van der Waals surface area contributed by atoms with Gasteiger partial charge in [0.05, 0.1) is 25.0 Å². The molecule has 1 aliphatic carbocycles. The summed E-state index contributed by atoms with van der Waals surface area (Å²) < 4.78 is 16.8. The molecule has 2 N–H and O–H groups in total. The molecule has 0 aromatic heterocycles. The van der Waals surface area contributed by atoms with E-state index in [0.717, 1.165) is 19.3 Å². The Morgan fingerprint density at radius 2 is 1.89 bits per heavy atom. The van der Waals surface area contributed by atoms with Crippen LogP contribution in [-0.4, -0.2) is 73.8 Å². The number of nitrogens with one attached hydrogen (secondary N) is 2. The monoisotopic (exact) mass is 525 g/mol. The third-order valence-corrected chi connectivity index (χ3v) is 9.06. The average Bonchev–Trinajstić information content (AvgIpc) is 3.55. The minimum Gasteiger partial charge on any atom is -0.497 e. The van der Waals surface area contributed by atoms with E-state index in [4.69, 9.17) is 14.2 Å². The van der Waals surface area contributed by atoms with Crippen molar-refractivity contribution in [3.63, 3.8) is 0 Å². The molecule has 2 bridgehead atoms. The van der Waals surface area contributed by atoms with Crippen LogP contribution in [0.3, 0.4) is 0 Å². The van der Waals surface area contributed by atoms with Gasteiger partial charge in [-0.15, -0.1) is 0 Å². The van der Waals surface area contributed by atoms with Crippen LogP contribution in [0, 0.1) is 23.7 Å². The Balaban J connectivity index is 1.40. The second-order valence-electron chi connectivity index (χ2n) is 11.2. The number of nitrogens with zero attached hydrogens (tertiary/aromatic N) is 1. The van der Waals surface area contributed by atoms with Crippen molar-refractivity contribution in [2.45, 2.75) is 63.3 Å². The molecule has 8 atom stereocenters. The molecule has 3 heterocycles. The molecule has 1 saturated carbocycles. The maximum Gasteiger partial charge on any atom is 0.246 e. The predicted molar refractivity (Wildman–Crippen MR) is 141 cm³/mol. The van der Waals surface area contributed by atoms with Gasteiger partial charge < -0.3 is 29.7 Å². The summed E-state index contributed by atoms with van der Waals surface area (Å²) in [6, 6.07) is 6.26. The van der Waals surface area contributed by atoms with E-state index in [-0.39, 0.29) is 23.8 Å². The number of ether oxygens (including phenoxy) is 3. The van der Waals surface area contributed by atoms with Crippen LogP contribution >= 0.6 is 0 Å². The molecular formula is C29H39N3O6. The van der Waals surface area contributed by atoms with Crippen LogP contribution < -0.4 is 15.4 Å². The molecule has 4 aliphatic rings. The number of amides is 3. The zero-order valence-corrected chi connectivity index (χ0v) is 22.6. The highest BCUT2D eigenvalue weighted by atomic mass is 16.5. The number of rotatable bonds is 9. The first-order chi connectivity index (χ1) is 18.3. The lowest BCUT2D eigenvalue weighted by Crippen LogP contribution is -2.58. The van der Waals surface area contributed by atoms with E-state index in [1.807, 2.05) is 12.2 Å². The smallest absolute Gasteiger partial charge is 0.246 e. The SMILES string of the molecule is COCCCN1C(=O)[C@@H]2[C@H](C(=O)Nc3ccc(OC)cc3)[C@@H]3C=C[C@@]2(O3)[C@@H]1C(=O)N[C@@H]1CCC[C@@H](C)[C@@H]1C. The lowest BCUT2D eigenvalue weighted by atomic mass is 9.73. The third kappa shape index (κ3) is 4.49. The summed E-state index contributed by atoms with van der Waals surface area (Å²) in [6.07, 6.45) is 6.86. The van der Waals surface area contributed by atoms with Crippen LogP contribution in [0.5, 0.6) is 5.75 Å². The maximum atomic E-state index is 13.9. The van der Waals surface area contributed by atoms with Gasteiger partial charge >= 0.3 is 0 Å². The van der Waals surface area contributed by atoms with Gasteiger partial charge in [-0.1, -0.05) is 38.8 Å². The zero-order valence-electron chi connectivity index (χ0n) is 22.6. The number of likely N-dealkylation sites (tertiary alicyclic amines) is 1. The van der Waals surface area contributed by atoms with Crippen LogP contribution in [0.4, 0.5) is 5.69 Å². The molecule has 3 fully saturated rings. The molecule has 0 unspecified atom stereocenters. The van der Waals surface area contributed by atoms with Gasteiger partial charge in [0, 0.05) is 32.0 Å². The van der Waals surface area contributed by atoms with E-state index >= 15 is 0 Å². The van der Waals surface area contributed by atoms with E-state index in [2.05, 4.69) is 24.5 Å². The number of hydrogen-bond donors (Lipinski definition) is 2. The van der Waals surface area contributed by atoms with Gasteiger partial charge in [0.25, 0.3) is 0 Å². The Morgan fingerprint density at radius 3 is 2.61 bits per heavy atom. The number of fused-ring (bicyclic) bond motifs is 1. The van der Waals surface area contributed by atoms with E-state index in [1.165, 1.54) is 0 Å². The summed E-state index contributed by atoms with van der Waals surface area (Å²) >= 11 is 0. The molecule has 5 rings (SSSR count). The molecule has 38 heavy (non-hydrogen) atoms. The maximum absolute atomic E-state index is 13.9. The lowest BCUT2D eigenvalue weighted by molar-refractivity contribution is -0.141. The largest absolute Gasteiger partial charge is 0.497 e. The van der Waals surface area contributed by atoms with Gasteiger partial charge in [-0.05, 0) is 48.9 Å². The van der Waals surface area contributed by atoms with Crippen molar-refractivity contribution < 1.29 is 28.6 Å². The van der Waals surface area contributed by atoms with Crippen molar-refractivity contribution in [3.05, 3.63) is 36.4 Å². The molecule has 1 spiro atoms. The summed E-state index contributed by atoms with van der Waals surface area (Å²) in [7, 11) is 3.19. The summed E-state index contributed by atoms with van der Waals surface area (Å²) in [5.41, 5.74) is -0.557. The fourth-order valence-corrected chi connectivity index (χ4v) is 6.83. The molecule has 3 aliphatic heterocycles. The standard InChI is InChI=1S/C29H39N3O6/c1-17-7-5-8-21(18(17)2)31-27(34)25-29-14-13-22(38-29)23(24(29)28(35)32(25)15-6-16-36-3)26(33)30-19-9-11-20(37-4)12-10-19/h9-14,17-18,21-25H,5-8,15-16H2,1-4H3,(H,30,33)(H,31,34)/t17-,18+,21-,22+,23-,24+,25+,29+/m1/s1. The van der Waals surface area contributed by atoms with Crippen LogP contribution in [0.1, 0.15) is 39.5 Å². The van der Waals surface area contributed by atoms with Crippen LogP contribution in [-0.2, 0) is 23.9 Å². The highest BCUT2D eigenvalue weighted by molar-refractivity contribution is 6.02. The molecular weight excluding hydrogens is 486 g/mol. The normalized spacial score (nSPS) is 35.3. The predicted octanol–water partition coefficient (Wildman–Crippen LogP) is 2.76. The van der Waals surface area contributed by atoms with Crippen molar-refractivity contribution in [3.8, 4) is 5.75 Å². The van der Waals surface area contributed by atoms with Crippen LogP contribution in [0.15, 0.2) is 36.4 Å². The topological polar surface area (TPSA) is 106 Å². The molecule has 9 heteroatoms. The Hall–Kier alpha value is -2.91. The van der Waals surface area contributed by atoms with E-state index in [0.29, 0.717) is 42.8 Å². The molecule has 3 amide bonds. The molecule has 206 valence electrons. The Morgan fingerprint density at radius 1 is 1.13 bits per heavy atom. The number of benzene rings is 1. The van der Waals surface area contributed by atoms with Gasteiger partial charge in [0.1, 0.15) is 17.4 Å². The van der Waals surface area contributed by atoms with Crippen molar-refractivity contribution >= 4 is 23.4 Å². The van der Waals surface area contributed by atoms with Gasteiger partial charge in [0.2, 0.25) is 17.7 Å². The Kier molecular flexibility index (Phi) is 7.51. The van der Waals surface area contributed by atoms with Gasteiger partial charge in [-0.2, -0.15) is 0 Å². The molecule has 1 aromatic rings. The number of carbonyl (C=O) groups excluding carboxylic acids is 3. The van der Waals surface area contributed by atoms with Crippen molar-refractivity contribution in [1.29, 1.82) is 0 Å². The summed E-state index contributed by atoms with van der Waals surface area (Å²) in [6.45, 7) is 5.23. The molecule has 0 radical (unpaired) electrons. The average molecular weight is 526 g/mol. The van der Waals surface area contributed by atoms with E-state index < -0.39 is 29.6 Å². The van der Waals surface area contributed by atoms with Gasteiger partial charge in [0.15, 0.2) is 0 Å². The summed E-state index contributed by atoms with van der Waals surface area (Å²) in [5, 5.41) is 6.21. The second kappa shape index (κ2) is 10.7. The summed E-state index contributed by atoms with van der Waals surface area (Å²) in [4.78, 5) is 43.0. The molecule has 1 aromatic carbocycles. The third-order valence-electron chi connectivity index (χ3n) is 9.06. The zero-order chi connectivity index (χ0) is 27.0. The number of methoxy groups -OCH3 is 2. The van der Waals surface area contributed by atoms with Gasteiger partial charge in [-0.3, -0.25) is 14.4 Å². The van der Waals surface area contributed by atoms with Crippen molar-refractivity contribution in [1.82, 2.24) is 10.2 Å². The quantitative estimate of drug-likeness (QED) is 0.379. The number of anilines is 1. The lowest BCUT2D eigenvalue weighted by Gasteiger charge is -2.38. The fourth-order valence-electron chi connectivity index (χ4n) is 6.83. The van der Waals surface area contributed by atoms with Crippen molar-refractivity contribution in [2.24, 2.45) is 23.7 Å². The first-order valence-electron chi connectivity index (χ1n) is 13.7. The van der Waals surface area contributed by atoms with E-state index in [9.17, 15) is 14.4 Å². The first-order valence-corrected chi connectivity index (χ1v) is 13.7. The Labute approximate surface area is 224 Å². The summed E-state index contributed by atoms with van der Waals surface area (Å²) in [5.74, 6) is -0.660. The minimum absolute atomic E-state index is 0.0503. The van der Waals surface area contributed by atoms with Crippen molar-refractivity contribution in [2.75, 3.05) is 32.7 Å². The molecule has 9 nitrogen and oxygen atoms in total. The highest BCUT2D eigenvalue weighted by Gasteiger charge is 2.72. The number of hydrogen-bond acceptors (Lipinski definition) is 6. The number of carbonyl (C=O) groups is 3. The Bertz CT molecular complexity index is 1090. The van der Waals surface area contributed by atoms with Crippen LogP contribution in [0.2, 0.25) is 0 Å². The first kappa shape index (κ1) is 26.7. The van der Waals surface area contributed by atoms with Crippen LogP contribution in [0.25, 0.3) is 0 Å². The van der Waals surface area contributed by atoms with Gasteiger partial charge in [-0.25, -0.2) is 0 Å².